The lowest BCUT2D eigenvalue weighted by atomic mass is 9.97. The fraction of sp³-hybridized carbons (Fsp3) is 0.562. The first-order valence-corrected chi connectivity index (χ1v) is 7.12. The standard InChI is InChI=1S/C16H23N3/c1-3-9-18-16(2,12-17)13-19-10-8-14-6-4-5-7-15(14)11-19/h4-7,18H,3,8-11,13H2,1-2H3. The van der Waals surface area contributed by atoms with Crippen molar-refractivity contribution in [3.63, 3.8) is 0 Å². The summed E-state index contributed by atoms with van der Waals surface area (Å²) in [5.74, 6) is 0. The summed E-state index contributed by atoms with van der Waals surface area (Å²) in [6.07, 6.45) is 2.14. The van der Waals surface area contributed by atoms with Crippen LogP contribution in [0.3, 0.4) is 0 Å². The molecule has 0 amide bonds. The fourth-order valence-corrected chi connectivity index (χ4v) is 2.67. The molecule has 0 saturated carbocycles. The van der Waals surface area contributed by atoms with Crippen molar-refractivity contribution < 1.29 is 0 Å². The van der Waals surface area contributed by atoms with Crippen molar-refractivity contribution in [2.75, 3.05) is 19.6 Å². The number of hydrogen-bond donors (Lipinski definition) is 1. The lowest BCUT2D eigenvalue weighted by molar-refractivity contribution is 0.204. The van der Waals surface area contributed by atoms with Crippen molar-refractivity contribution in [3.05, 3.63) is 35.4 Å². The SMILES string of the molecule is CCCNC(C)(C#N)CN1CCc2ccccc2C1. The molecule has 1 aliphatic rings. The third kappa shape index (κ3) is 3.56. The summed E-state index contributed by atoms with van der Waals surface area (Å²) >= 11 is 0. The Hall–Kier alpha value is -1.37. The second-order valence-electron chi connectivity index (χ2n) is 5.60. The van der Waals surface area contributed by atoms with E-state index in [1.165, 1.54) is 11.1 Å². The molecule has 1 atom stereocenters. The van der Waals surface area contributed by atoms with Crippen molar-refractivity contribution in [1.82, 2.24) is 10.2 Å². The highest BCUT2D eigenvalue weighted by Crippen LogP contribution is 2.20. The van der Waals surface area contributed by atoms with Gasteiger partial charge in [0.25, 0.3) is 0 Å². The van der Waals surface area contributed by atoms with Crippen LogP contribution in [0.15, 0.2) is 24.3 Å². The van der Waals surface area contributed by atoms with Crippen LogP contribution in [0, 0.1) is 11.3 Å². The molecule has 1 unspecified atom stereocenters. The van der Waals surface area contributed by atoms with E-state index in [2.05, 4.69) is 47.5 Å². The van der Waals surface area contributed by atoms with Crippen LogP contribution < -0.4 is 5.32 Å². The second kappa shape index (κ2) is 6.18. The molecule has 1 heterocycles. The second-order valence-corrected chi connectivity index (χ2v) is 5.60. The van der Waals surface area contributed by atoms with E-state index in [4.69, 9.17) is 0 Å². The van der Waals surface area contributed by atoms with E-state index in [1.807, 2.05) is 6.92 Å². The topological polar surface area (TPSA) is 39.1 Å². The van der Waals surface area contributed by atoms with Crippen LogP contribution in [0.4, 0.5) is 0 Å². The van der Waals surface area contributed by atoms with Crippen molar-refractivity contribution in [1.29, 1.82) is 5.26 Å². The third-order valence-electron chi connectivity index (χ3n) is 3.76. The summed E-state index contributed by atoms with van der Waals surface area (Å²) in [4.78, 5) is 2.38. The van der Waals surface area contributed by atoms with E-state index in [0.29, 0.717) is 0 Å². The molecule has 0 aliphatic carbocycles. The van der Waals surface area contributed by atoms with Gasteiger partial charge in [-0.2, -0.15) is 5.26 Å². The highest BCUT2D eigenvalue weighted by Gasteiger charge is 2.27. The summed E-state index contributed by atoms with van der Waals surface area (Å²) in [5, 5.41) is 12.8. The van der Waals surface area contributed by atoms with E-state index >= 15 is 0 Å². The van der Waals surface area contributed by atoms with E-state index in [0.717, 1.165) is 39.0 Å². The van der Waals surface area contributed by atoms with Crippen LogP contribution in [0.25, 0.3) is 0 Å². The minimum atomic E-state index is -0.442. The smallest absolute Gasteiger partial charge is 0.116 e. The monoisotopic (exact) mass is 257 g/mol. The highest BCUT2D eigenvalue weighted by atomic mass is 15.2. The Balaban J connectivity index is 1.99. The molecule has 1 aromatic rings. The average molecular weight is 257 g/mol. The Labute approximate surface area is 116 Å². The Morgan fingerprint density at radius 3 is 2.79 bits per heavy atom. The largest absolute Gasteiger partial charge is 0.299 e. The van der Waals surface area contributed by atoms with Gasteiger partial charge in [-0.3, -0.25) is 10.2 Å². The van der Waals surface area contributed by atoms with Crippen LogP contribution >= 0.6 is 0 Å². The Bertz CT molecular complexity index is 463. The molecule has 1 aromatic carbocycles. The van der Waals surface area contributed by atoms with E-state index in [9.17, 15) is 5.26 Å². The van der Waals surface area contributed by atoms with Gasteiger partial charge in [0, 0.05) is 19.6 Å². The minimum Gasteiger partial charge on any atom is -0.299 e. The molecular weight excluding hydrogens is 234 g/mol. The fourth-order valence-electron chi connectivity index (χ4n) is 2.67. The molecule has 1 aliphatic heterocycles. The first-order chi connectivity index (χ1) is 9.17. The predicted molar refractivity (Wildman–Crippen MR) is 77.7 cm³/mol. The van der Waals surface area contributed by atoms with Gasteiger partial charge >= 0.3 is 0 Å². The number of nitrogens with zero attached hydrogens (tertiary/aromatic N) is 2. The number of nitriles is 1. The number of nitrogens with one attached hydrogen (secondary N) is 1. The van der Waals surface area contributed by atoms with Crippen LogP contribution in [-0.4, -0.2) is 30.1 Å². The lowest BCUT2D eigenvalue weighted by Gasteiger charge is -2.34. The lowest BCUT2D eigenvalue weighted by Crippen LogP contribution is -2.51. The first kappa shape index (κ1) is 14.0. The highest BCUT2D eigenvalue weighted by molar-refractivity contribution is 5.29. The molecule has 3 heteroatoms. The van der Waals surface area contributed by atoms with Gasteiger partial charge in [0.2, 0.25) is 0 Å². The summed E-state index contributed by atoms with van der Waals surface area (Å²) in [5.41, 5.74) is 2.42. The van der Waals surface area contributed by atoms with Gasteiger partial charge in [-0.1, -0.05) is 31.2 Å². The van der Waals surface area contributed by atoms with Crippen LogP contribution in [-0.2, 0) is 13.0 Å². The molecule has 0 radical (unpaired) electrons. The van der Waals surface area contributed by atoms with Crippen molar-refractivity contribution in [3.8, 4) is 6.07 Å². The zero-order valence-corrected chi connectivity index (χ0v) is 11.9. The van der Waals surface area contributed by atoms with Gasteiger partial charge in [0.05, 0.1) is 6.07 Å². The van der Waals surface area contributed by atoms with Crippen LogP contribution in [0.5, 0.6) is 0 Å². The number of benzene rings is 1. The summed E-state index contributed by atoms with van der Waals surface area (Å²) in [6, 6.07) is 11.1. The zero-order chi connectivity index (χ0) is 13.7. The molecule has 0 aromatic heterocycles. The quantitative estimate of drug-likeness (QED) is 0.880. The maximum Gasteiger partial charge on any atom is 0.116 e. The Kier molecular flexibility index (Phi) is 4.57. The van der Waals surface area contributed by atoms with E-state index < -0.39 is 5.54 Å². The van der Waals surface area contributed by atoms with Gasteiger partial charge in [-0.15, -0.1) is 0 Å². The molecule has 0 spiro atoms. The molecule has 0 fully saturated rings. The molecule has 0 bridgehead atoms. The van der Waals surface area contributed by atoms with Gasteiger partial charge in [0.1, 0.15) is 5.54 Å². The van der Waals surface area contributed by atoms with E-state index in [-0.39, 0.29) is 0 Å². The minimum absolute atomic E-state index is 0.442. The van der Waals surface area contributed by atoms with Gasteiger partial charge < -0.3 is 0 Å². The van der Waals surface area contributed by atoms with Crippen molar-refractivity contribution in [2.24, 2.45) is 0 Å². The van der Waals surface area contributed by atoms with Gasteiger partial charge in [-0.05, 0) is 37.4 Å². The summed E-state index contributed by atoms with van der Waals surface area (Å²) in [7, 11) is 0. The zero-order valence-electron chi connectivity index (χ0n) is 11.9. The normalized spacial score (nSPS) is 18.4. The van der Waals surface area contributed by atoms with Crippen LogP contribution in [0.1, 0.15) is 31.4 Å². The number of hydrogen-bond acceptors (Lipinski definition) is 3. The number of fused-ring (bicyclic) bond motifs is 1. The van der Waals surface area contributed by atoms with Crippen molar-refractivity contribution >= 4 is 0 Å². The van der Waals surface area contributed by atoms with Crippen LogP contribution in [0.2, 0.25) is 0 Å². The maximum atomic E-state index is 9.40. The predicted octanol–water partition coefficient (Wildman–Crippen LogP) is 2.33. The summed E-state index contributed by atoms with van der Waals surface area (Å²) in [6.45, 7) is 7.82. The third-order valence-corrected chi connectivity index (χ3v) is 3.76. The molecule has 1 N–H and O–H groups in total. The first-order valence-electron chi connectivity index (χ1n) is 7.12. The van der Waals surface area contributed by atoms with Crippen molar-refractivity contribution in [2.45, 2.75) is 38.8 Å². The molecule has 102 valence electrons. The van der Waals surface area contributed by atoms with Gasteiger partial charge in [0.15, 0.2) is 0 Å². The molecular formula is C16H23N3. The Morgan fingerprint density at radius 1 is 1.37 bits per heavy atom. The molecule has 3 nitrogen and oxygen atoms in total. The average Bonchev–Trinajstić information content (AvgIpc) is 2.45. The molecule has 0 saturated heterocycles. The number of rotatable bonds is 5. The molecule has 2 rings (SSSR count). The summed E-state index contributed by atoms with van der Waals surface area (Å²) < 4.78 is 0. The van der Waals surface area contributed by atoms with E-state index in [1.54, 1.807) is 0 Å². The maximum absolute atomic E-state index is 9.40. The molecule has 19 heavy (non-hydrogen) atoms. The van der Waals surface area contributed by atoms with Gasteiger partial charge in [-0.25, -0.2) is 0 Å². The Morgan fingerprint density at radius 2 is 2.11 bits per heavy atom.